The summed E-state index contributed by atoms with van der Waals surface area (Å²) in [5, 5.41) is 8.51. The first-order valence-corrected chi connectivity index (χ1v) is 8.71. The summed E-state index contributed by atoms with van der Waals surface area (Å²) in [6.45, 7) is 4.08. The highest BCUT2D eigenvalue weighted by Crippen LogP contribution is 2.29. The minimum absolute atomic E-state index is 0.0158. The Morgan fingerprint density at radius 2 is 2.04 bits per heavy atom. The second kappa shape index (κ2) is 8.39. The van der Waals surface area contributed by atoms with Crippen molar-refractivity contribution in [1.29, 1.82) is 0 Å². The fourth-order valence-corrected chi connectivity index (χ4v) is 3.10. The Bertz CT molecular complexity index is 691. The summed E-state index contributed by atoms with van der Waals surface area (Å²) >= 11 is 7.29. The average molecular weight is 370 g/mol. The summed E-state index contributed by atoms with van der Waals surface area (Å²) in [5.41, 5.74) is 0. The zero-order valence-corrected chi connectivity index (χ0v) is 15.6. The molecule has 0 saturated carbocycles. The summed E-state index contributed by atoms with van der Waals surface area (Å²) in [5.74, 6) is 1.04. The van der Waals surface area contributed by atoms with Crippen LogP contribution in [0.25, 0.3) is 0 Å². The zero-order valence-electron chi connectivity index (χ0n) is 14.0. The molecule has 0 radical (unpaired) electrons. The van der Waals surface area contributed by atoms with Crippen molar-refractivity contribution in [2.75, 3.05) is 14.1 Å². The Morgan fingerprint density at radius 1 is 1.33 bits per heavy atom. The van der Waals surface area contributed by atoms with E-state index in [1.165, 1.54) is 11.8 Å². The lowest BCUT2D eigenvalue weighted by Crippen LogP contribution is -2.34. The number of aromatic nitrogens is 2. The number of rotatable bonds is 7. The monoisotopic (exact) mass is 369 g/mol. The molecule has 0 fully saturated rings. The van der Waals surface area contributed by atoms with Crippen LogP contribution in [0.15, 0.2) is 33.9 Å². The van der Waals surface area contributed by atoms with E-state index in [2.05, 4.69) is 10.2 Å². The van der Waals surface area contributed by atoms with Crippen LogP contribution in [0.1, 0.15) is 19.7 Å². The highest BCUT2D eigenvalue weighted by Gasteiger charge is 2.27. The van der Waals surface area contributed by atoms with Gasteiger partial charge in [-0.05, 0) is 18.1 Å². The lowest BCUT2D eigenvalue weighted by Gasteiger charge is -2.21. The van der Waals surface area contributed by atoms with E-state index in [1.807, 2.05) is 26.0 Å². The molecule has 6 nitrogen and oxygen atoms in total. The quantitative estimate of drug-likeness (QED) is 0.696. The number of para-hydroxylation sites is 1. The third kappa shape index (κ3) is 4.88. The fourth-order valence-electron chi connectivity index (χ4n) is 1.88. The van der Waals surface area contributed by atoms with Crippen molar-refractivity contribution in [1.82, 2.24) is 15.1 Å². The van der Waals surface area contributed by atoms with Crippen LogP contribution >= 0.6 is 23.4 Å². The third-order valence-electron chi connectivity index (χ3n) is 3.15. The number of amides is 1. The molecule has 1 heterocycles. The first-order chi connectivity index (χ1) is 11.4. The molecule has 0 N–H and O–H groups in total. The van der Waals surface area contributed by atoms with Crippen LogP contribution in [0.3, 0.4) is 0 Å². The van der Waals surface area contributed by atoms with E-state index in [4.69, 9.17) is 20.8 Å². The number of carbonyl (C=O) groups is 1. The van der Waals surface area contributed by atoms with Crippen LogP contribution in [0.2, 0.25) is 5.02 Å². The van der Waals surface area contributed by atoms with Crippen molar-refractivity contribution in [2.45, 2.75) is 30.9 Å². The van der Waals surface area contributed by atoms with Gasteiger partial charge in [0.2, 0.25) is 5.91 Å². The van der Waals surface area contributed by atoms with Gasteiger partial charge in [-0.25, -0.2) is 0 Å². The van der Waals surface area contributed by atoms with Gasteiger partial charge in [-0.1, -0.05) is 49.3 Å². The van der Waals surface area contributed by atoms with E-state index in [-0.39, 0.29) is 23.7 Å². The van der Waals surface area contributed by atoms with Crippen LogP contribution in [-0.4, -0.2) is 40.3 Å². The number of benzene rings is 1. The van der Waals surface area contributed by atoms with Gasteiger partial charge >= 0.3 is 0 Å². The standard InChI is InChI=1S/C16H20ClN3O3S/c1-10(2)14(15(21)20(3)4)24-16-19-18-13(23-16)9-22-12-8-6-5-7-11(12)17/h5-8,10,14H,9H2,1-4H3/t14-/m0/s1. The molecule has 8 heteroatoms. The molecule has 0 unspecified atom stereocenters. The Labute approximate surface area is 150 Å². The van der Waals surface area contributed by atoms with Crippen LogP contribution in [-0.2, 0) is 11.4 Å². The van der Waals surface area contributed by atoms with Gasteiger partial charge in [-0.3, -0.25) is 4.79 Å². The van der Waals surface area contributed by atoms with Crippen molar-refractivity contribution in [2.24, 2.45) is 5.92 Å². The second-order valence-corrected chi connectivity index (χ2v) is 7.20. The topological polar surface area (TPSA) is 68.5 Å². The predicted octanol–water partition coefficient (Wildman–Crippen LogP) is 3.51. The number of ether oxygens (including phenoxy) is 1. The minimum Gasteiger partial charge on any atom is -0.482 e. The van der Waals surface area contributed by atoms with Gasteiger partial charge in [0.05, 0.1) is 10.3 Å². The molecule has 2 rings (SSSR count). The van der Waals surface area contributed by atoms with Gasteiger partial charge < -0.3 is 14.1 Å². The molecular weight excluding hydrogens is 350 g/mol. The maximum Gasteiger partial charge on any atom is 0.277 e. The molecule has 130 valence electrons. The maximum absolute atomic E-state index is 12.2. The van der Waals surface area contributed by atoms with Crippen LogP contribution < -0.4 is 4.74 Å². The molecule has 1 amide bonds. The van der Waals surface area contributed by atoms with Crippen molar-refractivity contribution in [3.8, 4) is 5.75 Å². The molecule has 0 aliphatic heterocycles. The van der Waals surface area contributed by atoms with E-state index in [1.54, 1.807) is 31.1 Å². The molecule has 1 atom stereocenters. The summed E-state index contributed by atoms with van der Waals surface area (Å²) in [7, 11) is 3.46. The molecule has 0 bridgehead atoms. The van der Waals surface area contributed by atoms with Crippen molar-refractivity contribution < 1.29 is 13.9 Å². The van der Waals surface area contributed by atoms with Gasteiger partial charge in [-0.15, -0.1) is 10.2 Å². The smallest absolute Gasteiger partial charge is 0.277 e. The number of hydrogen-bond acceptors (Lipinski definition) is 6. The van der Waals surface area contributed by atoms with Crippen molar-refractivity contribution in [3.63, 3.8) is 0 Å². The molecule has 1 aromatic heterocycles. The zero-order chi connectivity index (χ0) is 17.7. The fraction of sp³-hybridized carbons (Fsp3) is 0.438. The Kier molecular flexibility index (Phi) is 6.51. The van der Waals surface area contributed by atoms with Gasteiger partial charge in [0.1, 0.15) is 5.75 Å². The highest BCUT2D eigenvalue weighted by molar-refractivity contribution is 8.00. The van der Waals surface area contributed by atoms with Crippen molar-refractivity contribution in [3.05, 3.63) is 35.2 Å². The number of hydrogen-bond donors (Lipinski definition) is 0. The van der Waals surface area contributed by atoms with Crippen LogP contribution in [0.5, 0.6) is 5.75 Å². The lowest BCUT2D eigenvalue weighted by molar-refractivity contribution is -0.128. The van der Waals surface area contributed by atoms with Crippen LogP contribution in [0.4, 0.5) is 0 Å². The molecule has 0 aliphatic rings. The summed E-state index contributed by atoms with van der Waals surface area (Å²) < 4.78 is 11.1. The molecule has 0 saturated heterocycles. The molecule has 24 heavy (non-hydrogen) atoms. The first kappa shape index (κ1) is 18.6. The molecule has 0 aliphatic carbocycles. The molecule has 0 spiro atoms. The largest absolute Gasteiger partial charge is 0.482 e. The SMILES string of the molecule is CC(C)[C@H](Sc1nnc(COc2ccccc2Cl)o1)C(=O)N(C)C. The van der Waals surface area contributed by atoms with E-state index in [0.717, 1.165) is 0 Å². The third-order valence-corrected chi connectivity index (χ3v) is 4.83. The average Bonchev–Trinajstić information content (AvgIpc) is 2.98. The van der Waals surface area contributed by atoms with Gasteiger partial charge in [-0.2, -0.15) is 0 Å². The number of carbonyl (C=O) groups excluding carboxylic acids is 1. The van der Waals surface area contributed by atoms with Gasteiger partial charge in [0.15, 0.2) is 6.61 Å². The summed E-state index contributed by atoms with van der Waals surface area (Å²) in [6, 6.07) is 7.16. The number of halogens is 1. The Hall–Kier alpha value is -1.73. The number of thioether (sulfide) groups is 1. The van der Waals surface area contributed by atoms with Crippen molar-refractivity contribution >= 4 is 29.3 Å². The first-order valence-electron chi connectivity index (χ1n) is 7.46. The maximum atomic E-state index is 12.2. The second-order valence-electron chi connectivity index (χ2n) is 5.70. The minimum atomic E-state index is -0.280. The summed E-state index contributed by atoms with van der Waals surface area (Å²) in [6.07, 6.45) is 0. The summed E-state index contributed by atoms with van der Waals surface area (Å²) in [4.78, 5) is 13.8. The Morgan fingerprint density at radius 3 is 2.67 bits per heavy atom. The van der Waals surface area contributed by atoms with E-state index in [9.17, 15) is 4.79 Å². The Balaban J connectivity index is 1.99. The van der Waals surface area contributed by atoms with E-state index < -0.39 is 0 Å². The molecule has 2 aromatic rings. The molecular formula is C16H20ClN3O3S. The van der Waals surface area contributed by atoms with E-state index >= 15 is 0 Å². The lowest BCUT2D eigenvalue weighted by atomic mass is 10.1. The predicted molar refractivity (Wildman–Crippen MR) is 93.3 cm³/mol. The normalized spacial score (nSPS) is 12.2. The number of nitrogens with zero attached hydrogens (tertiary/aromatic N) is 3. The van der Waals surface area contributed by atoms with Gasteiger partial charge in [0, 0.05) is 14.1 Å². The highest BCUT2D eigenvalue weighted by atomic mass is 35.5. The molecule has 1 aromatic carbocycles. The van der Waals surface area contributed by atoms with Gasteiger partial charge in [0.25, 0.3) is 11.1 Å². The van der Waals surface area contributed by atoms with Crippen LogP contribution in [0, 0.1) is 5.92 Å². The van der Waals surface area contributed by atoms with E-state index in [0.29, 0.717) is 21.9 Å².